The van der Waals surface area contributed by atoms with Gasteiger partial charge in [0.15, 0.2) is 11.6 Å². The van der Waals surface area contributed by atoms with Crippen LogP contribution in [0.1, 0.15) is 17.2 Å². The third-order valence-corrected chi connectivity index (χ3v) is 4.64. The zero-order valence-electron chi connectivity index (χ0n) is 8.25. The Bertz CT molecular complexity index is 556. The number of halogens is 4. The summed E-state index contributed by atoms with van der Waals surface area (Å²) < 4.78 is 28.1. The van der Waals surface area contributed by atoms with Crippen LogP contribution in [0.3, 0.4) is 0 Å². The normalized spacial score (nSPS) is 12.8. The molecule has 2 rings (SSSR count). The van der Waals surface area contributed by atoms with Crippen molar-refractivity contribution in [2.24, 2.45) is 0 Å². The number of aliphatic hydroxyl groups is 1. The SMILES string of the molecule is OC(c1cc(Br)sc1Br)c1cccc(F)c1F. The van der Waals surface area contributed by atoms with E-state index in [4.69, 9.17) is 0 Å². The predicted octanol–water partition coefficient (Wildman–Crippen LogP) is 4.63. The summed E-state index contributed by atoms with van der Waals surface area (Å²) in [7, 11) is 0. The van der Waals surface area contributed by atoms with Crippen molar-refractivity contribution in [2.45, 2.75) is 6.10 Å². The fourth-order valence-corrected chi connectivity index (χ4v) is 4.32. The molecule has 6 heteroatoms. The molecule has 0 amide bonds. The summed E-state index contributed by atoms with van der Waals surface area (Å²) in [5, 5.41) is 10.0. The number of benzene rings is 1. The van der Waals surface area contributed by atoms with Gasteiger partial charge in [-0.05, 0) is 44.0 Å². The van der Waals surface area contributed by atoms with Gasteiger partial charge in [0.1, 0.15) is 6.10 Å². The minimum Gasteiger partial charge on any atom is -0.383 e. The van der Waals surface area contributed by atoms with E-state index in [9.17, 15) is 13.9 Å². The minimum atomic E-state index is -1.19. The van der Waals surface area contributed by atoms with Crippen molar-refractivity contribution < 1.29 is 13.9 Å². The molecule has 1 aromatic carbocycles. The highest BCUT2D eigenvalue weighted by molar-refractivity contribution is 9.12. The maximum Gasteiger partial charge on any atom is 0.164 e. The number of aliphatic hydroxyl groups excluding tert-OH is 1. The molecule has 0 bridgehead atoms. The molecule has 1 N–H and O–H groups in total. The molecule has 0 aliphatic rings. The van der Waals surface area contributed by atoms with Crippen LogP contribution in [0, 0.1) is 11.6 Å². The van der Waals surface area contributed by atoms with E-state index in [2.05, 4.69) is 31.9 Å². The molecule has 0 saturated heterocycles. The van der Waals surface area contributed by atoms with Crippen LogP contribution in [-0.2, 0) is 0 Å². The van der Waals surface area contributed by atoms with Crippen LogP contribution in [0.4, 0.5) is 8.78 Å². The second kappa shape index (κ2) is 5.14. The molecule has 17 heavy (non-hydrogen) atoms. The smallest absolute Gasteiger partial charge is 0.164 e. The van der Waals surface area contributed by atoms with Crippen molar-refractivity contribution in [3.63, 3.8) is 0 Å². The average Bonchev–Trinajstić information content (AvgIpc) is 2.61. The molecule has 0 saturated carbocycles. The van der Waals surface area contributed by atoms with Gasteiger partial charge in [-0.25, -0.2) is 8.78 Å². The first-order valence-electron chi connectivity index (χ1n) is 4.57. The molecule has 1 nitrogen and oxygen atoms in total. The van der Waals surface area contributed by atoms with Gasteiger partial charge in [-0.2, -0.15) is 0 Å². The fourth-order valence-electron chi connectivity index (χ4n) is 1.44. The number of thiophene rings is 1. The third-order valence-electron chi connectivity index (χ3n) is 2.25. The largest absolute Gasteiger partial charge is 0.383 e. The monoisotopic (exact) mass is 382 g/mol. The predicted molar refractivity (Wildman–Crippen MR) is 70.1 cm³/mol. The molecule has 1 unspecified atom stereocenters. The summed E-state index contributed by atoms with van der Waals surface area (Å²) in [5.41, 5.74) is 0.433. The van der Waals surface area contributed by atoms with Crippen molar-refractivity contribution >= 4 is 43.2 Å². The highest BCUT2D eigenvalue weighted by Gasteiger charge is 2.21. The van der Waals surface area contributed by atoms with Gasteiger partial charge in [0.2, 0.25) is 0 Å². The quantitative estimate of drug-likeness (QED) is 0.801. The summed E-state index contributed by atoms with van der Waals surface area (Å²) in [6.45, 7) is 0. The molecule has 0 aliphatic heterocycles. The minimum absolute atomic E-state index is 0.0731. The summed E-state index contributed by atoms with van der Waals surface area (Å²) in [5.74, 6) is -1.99. The first-order valence-corrected chi connectivity index (χ1v) is 6.97. The van der Waals surface area contributed by atoms with Crippen molar-refractivity contribution in [3.05, 3.63) is 54.6 Å². The topological polar surface area (TPSA) is 20.2 Å². The summed E-state index contributed by atoms with van der Waals surface area (Å²) >= 11 is 7.90. The molecule has 90 valence electrons. The van der Waals surface area contributed by atoms with E-state index in [1.165, 1.54) is 23.5 Å². The highest BCUT2D eigenvalue weighted by atomic mass is 79.9. The van der Waals surface area contributed by atoms with Crippen molar-refractivity contribution in [2.75, 3.05) is 0 Å². The zero-order valence-corrected chi connectivity index (χ0v) is 12.2. The van der Waals surface area contributed by atoms with E-state index in [1.807, 2.05) is 0 Å². The van der Waals surface area contributed by atoms with E-state index in [-0.39, 0.29) is 5.56 Å². The lowest BCUT2D eigenvalue weighted by Gasteiger charge is -2.11. The Kier molecular flexibility index (Phi) is 3.97. The van der Waals surface area contributed by atoms with Crippen LogP contribution in [0.2, 0.25) is 0 Å². The van der Waals surface area contributed by atoms with Gasteiger partial charge in [-0.1, -0.05) is 12.1 Å². The Balaban J connectivity index is 2.47. The lowest BCUT2D eigenvalue weighted by molar-refractivity contribution is 0.213. The van der Waals surface area contributed by atoms with Crippen LogP contribution in [0.15, 0.2) is 31.8 Å². The van der Waals surface area contributed by atoms with Crippen LogP contribution < -0.4 is 0 Å². The molecule has 0 spiro atoms. The number of rotatable bonds is 2. The van der Waals surface area contributed by atoms with Crippen molar-refractivity contribution in [3.8, 4) is 0 Å². The summed E-state index contributed by atoms with van der Waals surface area (Å²) in [6, 6.07) is 5.42. The maximum absolute atomic E-state index is 13.5. The van der Waals surface area contributed by atoms with E-state index in [0.717, 1.165) is 9.85 Å². The van der Waals surface area contributed by atoms with Crippen LogP contribution in [0.5, 0.6) is 0 Å². The second-order valence-electron chi connectivity index (χ2n) is 3.33. The molecule has 1 atom stereocenters. The second-order valence-corrected chi connectivity index (χ2v) is 7.07. The maximum atomic E-state index is 13.5. The van der Waals surface area contributed by atoms with E-state index in [1.54, 1.807) is 6.07 Å². The van der Waals surface area contributed by atoms with Crippen LogP contribution >= 0.6 is 43.2 Å². The number of hydrogen-bond donors (Lipinski definition) is 1. The summed E-state index contributed by atoms with van der Waals surface area (Å²) in [4.78, 5) is 0. The van der Waals surface area contributed by atoms with Crippen molar-refractivity contribution in [1.29, 1.82) is 0 Å². The molecule has 1 heterocycles. The standard InChI is InChI=1S/C11H6Br2F2OS/c12-8-4-6(11(13)17-8)10(16)5-2-1-3-7(14)9(5)15/h1-4,10,16H. The molecule has 0 aliphatic carbocycles. The van der Waals surface area contributed by atoms with E-state index in [0.29, 0.717) is 9.35 Å². The highest BCUT2D eigenvalue weighted by Crippen LogP contribution is 2.38. The van der Waals surface area contributed by atoms with Gasteiger partial charge in [0, 0.05) is 11.1 Å². The molecule has 2 aromatic rings. The van der Waals surface area contributed by atoms with Gasteiger partial charge in [-0.3, -0.25) is 0 Å². The Morgan fingerprint density at radius 1 is 1.18 bits per heavy atom. The molecule has 0 fully saturated rings. The average molecular weight is 384 g/mol. The Morgan fingerprint density at radius 3 is 2.47 bits per heavy atom. The molecule has 1 aromatic heterocycles. The molecular formula is C11H6Br2F2OS. The number of hydrogen-bond acceptors (Lipinski definition) is 2. The first-order chi connectivity index (χ1) is 8.00. The third kappa shape index (κ3) is 2.59. The van der Waals surface area contributed by atoms with Gasteiger partial charge in [0.05, 0.1) is 7.57 Å². The van der Waals surface area contributed by atoms with Crippen LogP contribution in [0.25, 0.3) is 0 Å². The van der Waals surface area contributed by atoms with Gasteiger partial charge < -0.3 is 5.11 Å². The fraction of sp³-hybridized carbons (Fsp3) is 0.0909. The lowest BCUT2D eigenvalue weighted by Crippen LogP contribution is -2.03. The lowest BCUT2D eigenvalue weighted by atomic mass is 10.0. The van der Waals surface area contributed by atoms with Crippen LogP contribution in [-0.4, -0.2) is 5.11 Å². The first kappa shape index (κ1) is 13.1. The van der Waals surface area contributed by atoms with E-state index >= 15 is 0 Å². The van der Waals surface area contributed by atoms with Gasteiger partial charge in [-0.15, -0.1) is 11.3 Å². The zero-order chi connectivity index (χ0) is 12.6. The Labute approximate surface area is 117 Å². The Hall–Kier alpha value is -0.300. The Morgan fingerprint density at radius 2 is 1.88 bits per heavy atom. The molecule has 0 radical (unpaired) electrons. The summed E-state index contributed by atoms with van der Waals surface area (Å²) in [6.07, 6.45) is -1.19. The van der Waals surface area contributed by atoms with E-state index < -0.39 is 17.7 Å². The molecular weight excluding hydrogens is 378 g/mol. The van der Waals surface area contributed by atoms with Gasteiger partial charge >= 0.3 is 0 Å². The van der Waals surface area contributed by atoms with Crippen molar-refractivity contribution in [1.82, 2.24) is 0 Å². The van der Waals surface area contributed by atoms with Gasteiger partial charge in [0.25, 0.3) is 0 Å².